The smallest absolute Gasteiger partial charge is 0.187 e. The van der Waals surface area contributed by atoms with Crippen molar-refractivity contribution < 1.29 is 0 Å². The second-order valence-corrected chi connectivity index (χ2v) is 10.0. The molecule has 0 fully saturated rings. The van der Waals surface area contributed by atoms with E-state index in [0.29, 0.717) is 23.2 Å². The lowest BCUT2D eigenvalue weighted by Gasteiger charge is -2.11. The summed E-state index contributed by atoms with van der Waals surface area (Å²) in [6.07, 6.45) is 0. The summed E-state index contributed by atoms with van der Waals surface area (Å²) >= 11 is 0. The maximum Gasteiger partial charge on any atom is 0.187 e. The molecule has 0 atom stereocenters. The van der Waals surface area contributed by atoms with Crippen molar-refractivity contribution in [1.29, 1.82) is 0 Å². The molecule has 6 aromatic carbocycles. The van der Waals surface area contributed by atoms with Gasteiger partial charge in [0.2, 0.25) is 0 Å². The molecule has 1 aromatic heterocycles. The van der Waals surface area contributed by atoms with Gasteiger partial charge in [0.25, 0.3) is 0 Å². The molecule has 4 nitrogen and oxygen atoms in total. The van der Waals surface area contributed by atoms with Crippen LogP contribution in [0.4, 0.5) is 5.69 Å². The van der Waals surface area contributed by atoms with E-state index in [-0.39, 0.29) is 0 Å². The van der Waals surface area contributed by atoms with Gasteiger partial charge in [-0.3, -0.25) is 0 Å². The second kappa shape index (κ2) is 10.9. The average Bonchev–Trinajstić information content (AvgIpc) is 3.08. The number of nitrogens with zero attached hydrogens (tertiary/aromatic N) is 4. The lowest BCUT2D eigenvalue weighted by molar-refractivity contribution is 1.07. The Labute approximate surface area is 244 Å². The zero-order valence-electron chi connectivity index (χ0n) is 22.6. The van der Waals surface area contributed by atoms with E-state index in [0.717, 1.165) is 38.9 Å². The Morgan fingerprint density at radius 2 is 0.905 bits per heavy atom. The number of rotatable bonds is 5. The Hall–Kier alpha value is -5.92. The third-order valence-electron chi connectivity index (χ3n) is 7.37. The van der Waals surface area contributed by atoms with Crippen LogP contribution in [0.2, 0.25) is 0 Å². The van der Waals surface area contributed by atoms with Crippen molar-refractivity contribution in [1.82, 2.24) is 15.0 Å². The number of aromatic nitrogens is 3. The van der Waals surface area contributed by atoms with Crippen molar-refractivity contribution >= 4 is 16.5 Å². The van der Waals surface area contributed by atoms with E-state index < -0.39 is 0 Å². The highest BCUT2D eigenvalue weighted by atomic mass is 15.0. The van der Waals surface area contributed by atoms with Crippen LogP contribution in [0, 0.1) is 6.57 Å². The number of hydrogen-bond acceptors (Lipinski definition) is 3. The van der Waals surface area contributed by atoms with E-state index in [1.807, 2.05) is 84.9 Å². The van der Waals surface area contributed by atoms with E-state index in [9.17, 15) is 0 Å². The van der Waals surface area contributed by atoms with Crippen molar-refractivity contribution in [2.75, 3.05) is 0 Å². The molecule has 0 aliphatic carbocycles. The van der Waals surface area contributed by atoms with Crippen molar-refractivity contribution in [3.63, 3.8) is 0 Å². The lowest BCUT2D eigenvalue weighted by Crippen LogP contribution is -2.00. The van der Waals surface area contributed by atoms with Crippen molar-refractivity contribution in [3.05, 3.63) is 157 Å². The molecule has 42 heavy (non-hydrogen) atoms. The molecule has 0 saturated carbocycles. The Kier molecular flexibility index (Phi) is 6.52. The topological polar surface area (TPSA) is 43.0 Å². The zero-order valence-corrected chi connectivity index (χ0v) is 22.6. The van der Waals surface area contributed by atoms with E-state index in [1.165, 1.54) is 10.8 Å². The van der Waals surface area contributed by atoms with Gasteiger partial charge in [0.15, 0.2) is 23.2 Å². The molecule has 0 aliphatic rings. The quantitative estimate of drug-likeness (QED) is 0.206. The molecule has 1 heterocycles. The number of fused-ring (bicyclic) bond motifs is 1. The highest BCUT2D eigenvalue weighted by Gasteiger charge is 2.13. The van der Waals surface area contributed by atoms with Crippen molar-refractivity contribution in [3.8, 4) is 56.4 Å². The molecule has 196 valence electrons. The van der Waals surface area contributed by atoms with Gasteiger partial charge in [-0.25, -0.2) is 19.8 Å². The summed E-state index contributed by atoms with van der Waals surface area (Å²) in [6.45, 7) is 7.23. The Morgan fingerprint density at radius 3 is 1.48 bits per heavy atom. The number of benzene rings is 6. The Balaban J connectivity index is 1.29. The molecule has 7 aromatic rings. The molecule has 0 spiro atoms. The van der Waals surface area contributed by atoms with E-state index >= 15 is 0 Å². The van der Waals surface area contributed by atoms with Gasteiger partial charge in [0.05, 0.1) is 6.57 Å². The standard InChI is InChI=1S/C38H24N4/c1-39-33-23-21-26(22-24-33)32-20-17-27-13-8-14-34(35(27)25-32)28-15-18-31(19-16-28)38-41-36(29-9-4-2-5-10-29)40-37(42-38)30-11-6-3-7-12-30/h2-25H. The lowest BCUT2D eigenvalue weighted by atomic mass is 9.94. The fourth-order valence-corrected chi connectivity index (χ4v) is 5.17. The van der Waals surface area contributed by atoms with Gasteiger partial charge in [-0.05, 0) is 39.1 Å². The van der Waals surface area contributed by atoms with Crippen molar-refractivity contribution in [2.45, 2.75) is 0 Å². The van der Waals surface area contributed by atoms with Crippen LogP contribution < -0.4 is 0 Å². The summed E-state index contributed by atoms with van der Waals surface area (Å²) in [4.78, 5) is 18.1. The first-order chi connectivity index (χ1) is 20.7. The minimum Gasteiger partial charge on any atom is -0.238 e. The van der Waals surface area contributed by atoms with Crippen LogP contribution in [0.3, 0.4) is 0 Å². The summed E-state index contributed by atoms with van der Waals surface area (Å²) in [7, 11) is 0. The minimum absolute atomic E-state index is 0.636. The van der Waals surface area contributed by atoms with Gasteiger partial charge >= 0.3 is 0 Å². The molecule has 7 rings (SSSR count). The first kappa shape index (κ1) is 25.1. The Bertz CT molecular complexity index is 2000. The summed E-state index contributed by atoms with van der Waals surface area (Å²) in [5.41, 5.74) is 7.95. The van der Waals surface area contributed by atoms with E-state index in [1.54, 1.807) is 0 Å². The first-order valence-corrected chi connectivity index (χ1v) is 13.7. The summed E-state index contributed by atoms with van der Waals surface area (Å²) in [5, 5.41) is 2.35. The predicted octanol–water partition coefficient (Wildman–Crippen LogP) is 9.91. The van der Waals surface area contributed by atoms with Gasteiger partial charge in [-0.15, -0.1) is 0 Å². The second-order valence-electron chi connectivity index (χ2n) is 10.0. The van der Waals surface area contributed by atoms with E-state index in [2.05, 4.69) is 65.5 Å². The van der Waals surface area contributed by atoms with Crippen LogP contribution in [0.25, 0.3) is 72.0 Å². The molecule has 4 heteroatoms. The molecule has 0 bridgehead atoms. The molecule has 0 radical (unpaired) electrons. The molecule has 0 amide bonds. The molecular formula is C38H24N4. The highest BCUT2D eigenvalue weighted by molar-refractivity contribution is 5.99. The maximum absolute atomic E-state index is 7.23. The van der Waals surface area contributed by atoms with E-state index in [4.69, 9.17) is 21.5 Å². The van der Waals surface area contributed by atoms with Gasteiger partial charge in [0, 0.05) is 16.7 Å². The molecule has 0 unspecified atom stereocenters. The van der Waals surface area contributed by atoms with Crippen LogP contribution in [0.15, 0.2) is 146 Å². The van der Waals surface area contributed by atoms with Gasteiger partial charge < -0.3 is 0 Å². The largest absolute Gasteiger partial charge is 0.238 e. The SMILES string of the molecule is [C-]#[N+]c1ccc(-c2ccc3cccc(-c4ccc(-c5nc(-c6ccccc6)nc(-c6ccccc6)n5)cc4)c3c2)cc1. The third-order valence-corrected chi connectivity index (χ3v) is 7.37. The molecule has 0 aliphatic heterocycles. The van der Waals surface area contributed by atoms with Crippen LogP contribution in [0.5, 0.6) is 0 Å². The van der Waals surface area contributed by atoms with Crippen LogP contribution in [-0.4, -0.2) is 15.0 Å². The van der Waals surface area contributed by atoms with Crippen LogP contribution in [-0.2, 0) is 0 Å². The van der Waals surface area contributed by atoms with Crippen molar-refractivity contribution in [2.24, 2.45) is 0 Å². The van der Waals surface area contributed by atoms with Crippen LogP contribution in [0.1, 0.15) is 0 Å². The monoisotopic (exact) mass is 536 g/mol. The fourth-order valence-electron chi connectivity index (χ4n) is 5.17. The first-order valence-electron chi connectivity index (χ1n) is 13.7. The Morgan fingerprint density at radius 1 is 0.405 bits per heavy atom. The average molecular weight is 537 g/mol. The highest BCUT2D eigenvalue weighted by Crippen LogP contribution is 2.34. The van der Waals surface area contributed by atoms with Gasteiger partial charge in [0.1, 0.15) is 0 Å². The molecule has 0 saturated heterocycles. The van der Waals surface area contributed by atoms with Crippen LogP contribution >= 0.6 is 0 Å². The summed E-state index contributed by atoms with van der Waals surface area (Å²) in [6, 6.07) is 49.1. The van der Waals surface area contributed by atoms with Gasteiger partial charge in [-0.1, -0.05) is 140 Å². The molecular weight excluding hydrogens is 512 g/mol. The predicted molar refractivity (Wildman–Crippen MR) is 171 cm³/mol. The maximum atomic E-state index is 7.23. The number of hydrogen-bond donors (Lipinski definition) is 0. The third kappa shape index (κ3) is 4.92. The fraction of sp³-hybridized carbons (Fsp3) is 0. The summed E-state index contributed by atoms with van der Waals surface area (Å²) in [5.74, 6) is 1.93. The van der Waals surface area contributed by atoms with Gasteiger partial charge in [-0.2, -0.15) is 0 Å². The molecule has 0 N–H and O–H groups in total. The summed E-state index contributed by atoms with van der Waals surface area (Å²) < 4.78 is 0. The minimum atomic E-state index is 0.636. The normalized spacial score (nSPS) is 10.8. The zero-order chi connectivity index (χ0) is 28.3.